The highest BCUT2D eigenvalue weighted by atomic mass is 35.5. The summed E-state index contributed by atoms with van der Waals surface area (Å²) in [5.41, 5.74) is 6.76. The molecule has 1 aliphatic carbocycles. The predicted octanol–water partition coefficient (Wildman–Crippen LogP) is 3.68. The van der Waals surface area contributed by atoms with Crippen LogP contribution in [-0.4, -0.2) is 12.5 Å². The first kappa shape index (κ1) is 15.3. The Bertz CT molecular complexity index is 456. The normalized spacial score (nSPS) is 17.7. The molecule has 3 nitrogen and oxygen atoms in total. The second kappa shape index (κ2) is 7.09. The molecule has 110 valence electrons. The van der Waals surface area contributed by atoms with Gasteiger partial charge in [0.2, 0.25) is 0 Å². The Morgan fingerprint density at radius 2 is 2.05 bits per heavy atom. The van der Waals surface area contributed by atoms with Crippen molar-refractivity contribution in [3.05, 3.63) is 34.9 Å². The Balaban J connectivity index is 1.85. The Morgan fingerprint density at radius 3 is 2.70 bits per heavy atom. The van der Waals surface area contributed by atoms with E-state index in [4.69, 9.17) is 22.1 Å². The minimum atomic E-state index is -0.155. The topological polar surface area (TPSA) is 52.3 Å². The molecule has 0 radical (unpaired) electrons. The summed E-state index contributed by atoms with van der Waals surface area (Å²) >= 11 is 5.90. The highest BCUT2D eigenvalue weighted by Gasteiger charge is 2.33. The third-order valence-electron chi connectivity index (χ3n) is 4.16. The third kappa shape index (κ3) is 4.22. The van der Waals surface area contributed by atoms with Gasteiger partial charge in [0.25, 0.3) is 0 Å². The predicted molar refractivity (Wildman–Crippen MR) is 80.4 cm³/mol. The standard InChI is InChI=1S/C16H22ClNO2/c17-14-6-4-5-13(9-14)11-20-15(19)10-16(12-18)7-2-1-3-8-16/h4-6,9H,1-3,7-8,10-12,18H2. The molecule has 0 amide bonds. The Labute approximate surface area is 125 Å². The quantitative estimate of drug-likeness (QED) is 0.843. The summed E-state index contributed by atoms with van der Waals surface area (Å²) in [6, 6.07) is 7.37. The first-order valence-electron chi connectivity index (χ1n) is 7.24. The SMILES string of the molecule is NCC1(CC(=O)OCc2cccc(Cl)c2)CCCCC1. The lowest BCUT2D eigenvalue weighted by atomic mass is 9.72. The van der Waals surface area contributed by atoms with Crippen LogP contribution in [0.4, 0.5) is 0 Å². The highest BCUT2D eigenvalue weighted by molar-refractivity contribution is 6.30. The Kier molecular flexibility index (Phi) is 5.44. The zero-order valence-corrected chi connectivity index (χ0v) is 12.5. The average Bonchev–Trinajstić information content (AvgIpc) is 2.46. The van der Waals surface area contributed by atoms with E-state index >= 15 is 0 Å². The van der Waals surface area contributed by atoms with Crippen molar-refractivity contribution in [2.45, 2.75) is 45.1 Å². The van der Waals surface area contributed by atoms with E-state index in [0.717, 1.165) is 18.4 Å². The van der Waals surface area contributed by atoms with Gasteiger partial charge in [0.15, 0.2) is 0 Å². The minimum Gasteiger partial charge on any atom is -0.461 e. The number of nitrogens with two attached hydrogens (primary N) is 1. The number of carbonyl (C=O) groups excluding carboxylic acids is 1. The van der Waals surface area contributed by atoms with Crippen LogP contribution in [0.1, 0.15) is 44.1 Å². The molecular formula is C16H22ClNO2. The first-order valence-corrected chi connectivity index (χ1v) is 7.61. The molecule has 2 rings (SSSR count). The second-order valence-corrected chi connectivity index (χ2v) is 6.17. The summed E-state index contributed by atoms with van der Waals surface area (Å²) in [4.78, 5) is 12.0. The molecule has 1 fully saturated rings. The monoisotopic (exact) mass is 295 g/mol. The largest absolute Gasteiger partial charge is 0.461 e. The van der Waals surface area contributed by atoms with Gasteiger partial charge in [0.05, 0.1) is 6.42 Å². The van der Waals surface area contributed by atoms with Gasteiger partial charge in [-0.05, 0) is 42.5 Å². The fourth-order valence-electron chi connectivity index (χ4n) is 2.90. The van der Waals surface area contributed by atoms with E-state index < -0.39 is 0 Å². The molecular weight excluding hydrogens is 274 g/mol. The summed E-state index contributed by atoms with van der Waals surface area (Å²) in [6.07, 6.45) is 6.09. The average molecular weight is 296 g/mol. The summed E-state index contributed by atoms with van der Waals surface area (Å²) in [5.74, 6) is -0.155. The molecule has 1 aromatic rings. The van der Waals surface area contributed by atoms with Gasteiger partial charge in [-0.2, -0.15) is 0 Å². The van der Waals surface area contributed by atoms with Crippen molar-refractivity contribution in [3.63, 3.8) is 0 Å². The molecule has 1 saturated carbocycles. The number of carbonyl (C=O) groups is 1. The summed E-state index contributed by atoms with van der Waals surface area (Å²) in [6.45, 7) is 0.847. The maximum atomic E-state index is 12.0. The van der Waals surface area contributed by atoms with Crippen LogP contribution in [0.2, 0.25) is 5.02 Å². The van der Waals surface area contributed by atoms with Gasteiger partial charge >= 0.3 is 5.97 Å². The van der Waals surface area contributed by atoms with Crippen molar-refractivity contribution in [1.82, 2.24) is 0 Å². The van der Waals surface area contributed by atoms with Gasteiger partial charge in [-0.1, -0.05) is 43.0 Å². The van der Waals surface area contributed by atoms with E-state index in [2.05, 4.69) is 0 Å². The van der Waals surface area contributed by atoms with Crippen LogP contribution in [-0.2, 0) is 16.1 Å². The summed E-state index contributed by atoms with van der Waals surface area (Å²) in [7, 11) is 0. The minimum absolute atomic E-state index is 0.0380. The maximum absolute atomic E-state index is 12.0. The third-order valence-corrected chi connectivity index (χ3v) is 4.39. The molecule has 0 aliphatic heterocycles. The van der Waals surface area contributed by atoms with Crippen LogP contribution in [0.25, 0.3) is 0 Å². The van der Waals surface area contributed by atoms with Crippen LogP contribution in [0.3, 0.4) is 0 Å². The van der Waals surface area contributed by atoms with Gasteiger partial charge in [-0.15, -0.1) is 0 Å². The molecule has 0 aromatic heterocycles. The van der Waals surface area contributed by atoms with E-state index in [1.54, 1.807) is 6.07 Å². The maximum Gasteiger partial charge on any atom is 0.306 e. The lowest BCUT2D eigenvalue weighted by molar-refractivity contribution is -0.148. The zero-order chi connectivity index (χ0) is 14.4. The van der Waals surface area contributed by atoms with Gasteiger partial charge in [-0.3, -0.25) is 4.79 Å². The molecule has 0 heterocycles. The van der Waals surface area contributed by atoms with E-state index in [-0.39, 0.29) is 18.0 Å². The number of halogens is 1. The van der Waals surface area contributed by atoms with Crippen LogP contribution in [0.15, 0.2) is 24.3 Å². The van der Waals surface area contributed by atoms with Crippen molar-refractivity contribution in [2.75, 3.05) is 6.54 Å². The van der Waals surface area contributed by atoms with E-state index in [1.165, 1.54) is 19.3 Å². The Hall–Kier alpha value is -1.06. The summed E-state index contributed by atoms with van der Waals surface area (Å²) in [5, 5.41) is 0.657. The second-order valence-electron chi connectivity index (χ2n) is 5.73. The van der Waals surface area contributed by atoms with Gasteiger partial charge < -0.3 is 10.5 Å². The van der Waals surface area contributed by atoms with E-state index in [0.29, 0.717) is 18.0 Å². The summed E-state index contributed by atoms with van der Waals surface area (Å²) < 4.78 is 5.36. The molecule has 0 saturated heterocycles. The van der Waals surface area contributed by atoms with Gasteiger partial charge in [0.1, 0.15) is 6.61 Å². The van der Waals surface area contributed by atoms with Crippen molar-refractivity contribution in [1.29, 1.82) is 0 Å². The van der Waals surface area contributed by atoms with Crippen LogP contribution < -0.4 is 5.73 Å². The number of rotatable bonds is 5. The number of esters is 1. The van der Waals surface area contributed by atoms with Crippen molar-refractivity contribution in [2.24, 2.45) is 11.1 Å². The smallest absolute Gasteiger partial charge is 0.306 e. The molecule has 0 atom stereocenters. The zero-order valence-electron chi connectivity index (χ0n) is 11.7. The van der Waals surface area contributed by atoms with Crippen LogP contribution in [0, 0.1) is 5.41 Å². The molecule has 4 heteroatoms. The molecule has 1 aliphatic rings. The Morgan fingerprint density at radius 1 is 1.30 bits per heavy atom. The molecule has 1 aromatic carbocycles. The highest BCUT2D eigenvalue weighted by Crippen LogP contribution is 2.38. The molecule has 2 N–H and O–H groups in total. The number of hydrogen-bond acceptors (Lipinski definition) is 3. The number of benzene rings is 1. The van der Waals surface area contributed by atoms with Crippen molar-refractivity contribution in [3.8, 4) is 0 Å². The van der Waals surface area contributed by atoms with Gasteiger partial charge in [-0.25, -0.2) is 0 Å². The lowest BCUT2D eigenvalue weighted by Crippen LogP contribution is -2.35. The van der Waals surface area contributed by atoms with Gasteiger partial charge in [0, 0.05) is 5.02 Å². The first-order chi connectivity index (χ1) is 9.63. The lowest BCUT2D eigenvalue weighted by Gasteiger charge is -2.35. The van der Waals surface area contributed by atoms with Crippen LogP contribution in [0.5, 0.6) is 0 Å². The molecule has 0 unspecified atom stereocenters. The molecule has 0 bridgehead atoms. The van der Waals surface area contributed by atoms with Crippen molar-refractivity contribution < 1.29 is 9.53 Å². The number of hydrogen-bond donors (Lipinski definition) is 1. The fraction of sp³-hybridized carbons (Fsp3) is 0.562. The van der Waals surface area contributed by atoms with E-state index in [9.17, 15) is 4.79 Å². The molecule has 0 spiro atoms. The van der Waals surface area contributed by atoms with E-state index in [1.807, 2.05) is 18.2 Å². The fourth-order valence-corrected chi connectivity index (χ4v) is 3.12. The van der Waals surface area contributed by atoms with Crippen LogP contribution >= 0.6 is 11.6 Å². The number of ether oxygens (including phenoxy) is 1. The molecule has 20 heavy (non-hydrogen) atoms. The van der Waals surface area contributed by atoms with Crippen molar-refractivity contribution >= 4 is 17.6 Å².